The molecule has 0 aromatic carbocycles. The molecule has 0 aromatic rings. The van der Waals surface area contributed by atoms with Gasteiger partial charge in [0.05, 0.1) is 6.61 Å². The van der Waals surface area contributed by atoms with Crippen LogP contribution in [0.2, 0.25) is 45.3 Å². The van der Waals surface area contributed by atoms with E-state index in [4.69, 9.17) is 13.0 Å². The predicted octanol–water partition coefficient (Wildman–Crippen LogP) is 2.74. The van der Waals surface area contributed by atoms with E-state index in [1.54, 1.807) is 0 Å². The summed E-state index contributed by atoms with van der Waals surface area (Å²) in [4.78, 5) is 21.7. The van der Waals surface area contributed by atoms with Gasteiger partial charge in [-0.3, -0.25) is 0 Å². The summed E-state index contributed by atoms with van der Waals surface area (Å²) in [5.74, 6) is -0.451. The highest BCUT2D eigenvalue weighted by atomic mass is 28.5. The van der Waals surface area contributed by atoms with Crippen molar-refractivity contribution in [2.45, 2.75) is 51.7 Å². The van der Waals surface area contributed by atoms with E-state index in [1.165, 1.54) is 0 Å². The number of hydrogen-bond donors (Lipinski definition) is 1. The molecule has 0 aliphatic carbocycles. The Morgan fingerprint density at radius 1 is 1.10 bits per heavy atom. The van der Waals surface area contributed by atoms with Crippen LogP contribution < -0.4 is 0 Å². The third-order valence-corrected chi connectivity index (χ3v) is 10.4. The summed E-state index contributed by atoms with van der Waals surface area (Å²) in [6.07, 6.45) is 1.65. The smallest absolute Gasteiger partial charge is 0.463 e. The highest BCUT2D eigenvalue weighted by molar-refractivity contribution is 6.85. The van der Waals surface area contributed by atoms with Gasteiger partial charge in [-0.25, -0.2) is 4.79 Å². The lowest BCUT2D eigenvalue weighted by atomic mass is 10.5. The monoisotopic (exact) mass is 336 g/mol. The topological polar surface area (TPSA) is 65.0 Å². The van der Waals surface area contributed by atoms with Gasteiger partial charge in [-0.2, -0.15) is 0 Å². The first-order valence-electron chi connectivity index (χ1n) is 6.79. The Labute approximate surface area is 125 Å². The molecule has 0 aliphatic heterocycles. The van der Waals surface area contributed by atoms with Crippen LogP contribution in [-0.4, -0.2) is 42.8 Å². The fraction of sp³-hybridized carbons (Fsp3) is 0.750. The minimum Gasteiger partial charge on any atom is -0.463 e. The van der Waals surface area contributed by atoms with Crippen molar-refractivity contribution in [3.63, 3.8) is 0 Å². The van der Waals surface area contributed by atoms with E-state index in [2.05, 4.69) is 6.58 Å². The normalized spacial score (nSPS) is 13.2. The molecule has 0 aliphatic rings. The van der Waals surface area contributed by atoms with Gasteiger partial charge in [-0.05, 0) is 45.7 Å². The molecule has 5 nitrogen and oxygen atoms in total. The molecule has 0 amide bonds. The summed E-state index contributed by atoms with van der Waals surface area (Å²) >= 11 is 0. The Bertz CT molecular complexity index is 317. The molecule has 8 heteroatoms. The molecule has 118 valence electrons. The zero-order valence-electron chi connectivity index (χ0n) is 13.5. The SMILES string of the molecule is C=CC(=O)OCCC[Si](O)(O[Si](C)(C)C)O[Si](C)(C)C. The Kier molecular flexibility index (Phi) is 7.57. The van der Waals surface area contributed by atoms with Gasteiger partial charge in [-0.1, -0.05) is 6.58 Å². The van der Waals surface area contributed by atoms with Gasteiger partial charge in [-0.15, -0.1) is 0 Å². The van der Waals surface area contributed by atoms with Gasteiger partial charge in [0.2, 0.25) is 0 Å². The second-order valence-corrected chi connectivity index (χ2v) is 18.6. The zero-order valence-corrected chi connectivity index (χ0v) is 16.5. The molecule has 0 spiro atoms. The summed E-state index contributed by atoms with van der Waals surface area (Å²) in [7, 11) is -6.99. The number of carbonyl (C=O) groups excluding carboxylic acids is 1. The first-order chi connectivity index (χ1) is 8.87. The van der Waals surface area contributed by atoms with Crippen LogP contribution in [-0.2, 0) is 17.8 Å². The second-order valence-electron chi connectivity index (χ2n) is 6.62. The fourth-order valence-electron chi connectivity index (χ4n) is 1.61. The summed E-state index contributed by atoms with van der Waals surface area (Å²) in [6.45, 7) is 15.7. The highest BCUT2D eigenvalue weighted by Crippen LogP contribution is 2.23. The van der Waals surface area contributed by atoms with Gasteiger partial charge in [0.1, 0.15) is 0 Å². The average Bonchev–Trinajstić information content (AvgIpc) is 2.18. The summed E-state index contributed by atoms with van der Waals surface area (Å²) in [5.41, 5.74) is 0. The summed E-state index contributed by atoms with van der Waals surface area (Å²) in [6, 6.07) is 0.409. The maximum absolute atomic E-state index is 11.0. The van der Waals surface area contributed by atoms with E-state index in [0.717, 1.165) is 6.08 Å². The third-order valence-electron chi connectivity index (χ3n) is 1.98. The van der Waals surface area contributed by atoms with Crippen molar-refractivity contribution >= 4 is 31.4 Å². The van der Waals surface area contributed by atoms with Crippen LogP contribution in [0.15, 0.2) is 12.7 Å². The number of esters is 1. The van der Waals surface area contributed by atoms with E-state index in [-0.39, 0.29) is 6.61 Å². The maximum atomic E-state index is 11.0. The zero-order chi connectivity index (χ0) is 16.0. The highest BCUT2D eigenvalue weighted by Gasteiger charge is 2.44. The Morgan fingerprint density at radius 2 is 1.55 bits per heavy atom. The molecule has 0 fully saturated rings. The van der Waals surface area contributed by atoms with Gasteiger partial charge in [0.25, 0.3) is 0 Å². The molecule has 0 heterocycles. The Hall–Kier alpha value is -0.259. The van der Waals surface area contributed by atoms with Crippen molar-refractivity contribution in [3.8, 4) is 0 Å². The molecule has 0 aromatic heterocycles. The van der Waals surface area contributed by atoms with Gasteiger partial charge >= 0.3 is 14.8 Å². The minimum absolute atomic E-state index is 0.240. The lowest BCUT2D eigenvalue weighted by molar-refractivity contribution is -0.137. The molecule has 0 bridgehead atoms. The van der Waals surface area contributed by atoms with Crippen molar-refractivity contribution in [2.24, 2.45) is 0 Å². The molecule has 20 heavy (non-hydrogen) atoms. The second kappa shape index (κ2) is 7.66. The van der Waals surface area contributed by atoms with Crippen LogP contribution in [0.25, 0.3) is 0 Å². The van der Waals surface area contributed by atoms with E-state index in [0.29, 0.717) is 12.5 Å². The third kappa shape index (κ3) is 10.5. The van der Waals surface area contributed by atoms with Gasteiger partial charge < -0.3 is 17.8 Å². The Morgan fingerprint density at radius 3 is 1.90 bits per heavy atom. The average molecular weight is 337 g/mol. The molecule has 0 atom stereocenters. The van der Waals surface area contributed by atoms with Gasteiger partial charge in [0, 0.05) is 12.1 Å². The van der Waals surface area contributed by atoms with Crippen LogP contribution in [0.3, 0.4) is 0 Å². The molecular formula is C12H28O5Si3. The van der Waals surface area contributed by atoms with Crippen LogP contribution in [0.1, 0.15) is 6.42 Å². The van der Waals surface area contributed by atoms with E-state index in [9.17, 15) is 9.59 Å². The maximum Gasteiger partial charge on any atom is 0.477 e. The first kappa shape index (κ1) is 19.7. The van der Waals surface area contributed by atoms with Crippen LogP contribution >= 0.6 is 0 Å². The Balaban J connectivity index is 4.54. The molecule has 0 saturated carbocycles. The van der Waals surface area contributed by atoms with Crippen LogP contribution in [0.5, 0.6) is 0 Å². The number of rotatable bonds is 9. The lowest BCUT2D eigenvalue weighted by Crippen LogP contribution is -2.55. The van der Waals surface area contributed by atoms with Crippen molar-refractivity contribution < 1.29 is 22.6 Å². The van der Waals surface area contributed by atoms with E-state index < -0.39 is 31.4 Å². The minimum atomic E-state index is -3.20. The van der Waals surface area contributed by atoms with Crippen LogP contribution in [0.4, 0.5) is 0 Å². The van der Waals surface area contributed by atoms with Crippen molar-refractivity contribution in [3.05, 3.63) is 12.7 Å². The molecule has 0 saturated heterocycles. The molecule has 0 unspecified atom stereocenters. The largest absolute Gasteiger partial charge is 0.477 e. The molecule has 0 radical (unpaired) electrons. The predicted molar refractivity (Wildman–Crippen MR) is 87.4 cm³/mol. The van der Waals surface area contributed by atoms with Gasteiger partial charge in [0.15, 0.2) is 16.6 Å². The van der Waals surface area contributed by atoms with E-state index in [1.807, 2.05) is 39.3 Å². The van der Waals surface area contributed by atoms with Crippen molar-refractivity contribution in [1.82, 2.24) is 0 Å². The molecular weight excluding hydrogens is 308 g/mol. The fourth-order valence-corrected chi connectivity index (χ4v) is 11.2. The summed E-state index contributed by atoms with van der Waals surface area (Å²) < 4.78 is 16.8. The number of carbonyl (C=O) groups is 1. The van der Waals surface area contributed by atoms with Crippen molar-refractivity contribution in [1.29, 1.82) is 0 Å². The lowest BCUT2D eigenvalue weighted by Gasteiger charge is -2.35. The number of hydrogen-bond acceptors (Lipinski definition) is 5. The number of ether oxygens (including phenoxy) is 1. The van der Waals surface area contributed by atoms with Crippen molar-refractivity contribution in [2.75, 3.05) is 6.61 Å². The molecule has 1 N–H and O–H groups in total. The summed E-state index contributed by atoms with van der Waals surface area (Å²) in [5, 5.41) is 0. The first-order valence-corrected chi connectivity index (χ1v) is 15.6. The quantitative estimate of drug-likeness (QED) is 0.303. The van der Waals surface area contributed by atoms with E-state index >= 15 is 0 Å². The molecule has 0 rings (SSSR count). The van der Waals surface area contributed by atoms with Crippen LogP contribution in [0, 0.1) is 0 Å². The standard InChI is InChI=1S/C12H28O5Si3/c1-8-12(13)15-10-9-11-20(14,16-18(2,3)4)17-19(5,6)7/h8,14H,1,9-11H2,2-7H3.